The van der Waals surface area contributed by atoms with Gasteiger partial charge in [-0.25, -0.2) is 0 Å². The summed E-state index contributed by atoms with van der Waals surface area (Å²) in [6, 6.07) is 8.40. The van der Waals surface area contributed by atoms with Crippen molar-refractivity contribution >= 4 is 23.4 Å². The normalized spacial score (nSPS) is 14.1. The van der Waals surface area contributed by atoms with E-state index < -0.39 is 0 Å². The molecule has 0 bridgehead atoms. The lowest BCUT2D eigenvalue weighted by atomic mass is 10.3. The van der Waals surface area contributed by atoms with Crippen molar-refractivity contribution in [1.82, 2.24) is 5.32 Å². The zero-order valence-corrected chi connectivity index (χ0v) is 11.6. The molecule has 0 aliphatic rings. The van der Waals surface area contributed by atoms with Gasteiger partial charge in [0.1, 0.15) is 0 Å². The molecule has 0 saturated heterocycles. The van der Waals surface area contributed by atoms with E-state index in [2.05, 4.69) is 24.5 Å². The van der Waals surface area contributed by atoms with Crippen LogP contribution in [0.5, 0.6) is 0 Å². The van der Waals surface area contributed by atoms with Crippen LogP contribution in [0.15, 0.2) is 29.2 Å². The Morgan fingerprint density at radius 3 is 2.29 bits per heavy atom. The molecule has 4 heteroatoms. The number of rotatable bonds is 5. The minimum Gasteiger partial charge on any atom is -0.326 e. The first kappa shape index (κ1) is 14.1. The molecule has 0 fully saturated rings. The van der Waals surface area contributed by atoms with Crippen LogP contribution in [0, 0.1) is 0 Å². The second kappa shape index (κ2) is 6.67. The standard InChI is InChI=1S/C13H20N2OS/c1-9(14-4)10(2)17-13-7-5-12(6-8-13)15-11(3)16/h5-10,14H,1-4H3,(H,15,16). The third kappa shape index (κ3) is 4.79. The smallest absolute Gasteiger partial charge is 0.221 e. The van der Waals surface area contributed by atoms with Crippen molar-refractivity contribution < 1.29 is 4.79 Å². The van der Waals surface area contributed by atoms with Gasteiger partial charge in [-0.05, 0) is 38.2 Å². The minimum atomic E-state index is -0.0393. The number of amides is 1. The van der Waals surface area contributed by atoms with E-state index in [0.29, 0.717) is 11.3 Å². The summed E-state index contributed by atoms with van der Waals surface area (Å²) >= 11 is 1.83. The van der Waals surface area contributed by atoms with Crippen molar-refractivity contribution in [3.63, 3.8) is 0 Å². The van der Waals surface area contributed by atoms with Crippen molar-refractivity contribution in [1.29, 1.82) is 0 Å². The van der Waals surface area contributed by atoms with Crippen LogP contribution in [-0.2, 0) is 4.79 Å². The highest BCUT2D eigenvalue weighted by molar-refractivity contribution is 8.00. The van der Waals surface area contributed by atoms with Gasteiger partial charge in [0, 0.05) is 28.8 Å². The van der Waals surface area contributed by atoms with Crippen LogP contribution < -0.4 is 10.6 Å². The van der Waals surface area contributed by atoms with Crippen LogP contribution in [0.1, 0.15) is 20.8 Å². The van der Waals surface area contributed by atoms with Crippen LogP contribution in [0.4, 0.5) is 5.69 Å². The summed E-state index contributed by atoms with van der Waals surface area (Å²) in [6.45, 7) is 5.89. The largest absolute Gasteiger partial charge is 0.326 e. The van der Waals surface area contributed by atoms with Gasteiger partial charge in [0.2, 0.25) is 5.91 Å². The van der Waals surface area contributed by atoms with E-state index in [4.69, 9.17) is 0 Å². The molecule has 0 aliphatic carbocycles. The number of hydrogen-bond acceptors (Lipinski definition) is 3. The molecule has 1 rings (SSSR count). The van der Waals surface area contributed by atoms with Crippen LogP contribution >= 0.6 is 11.8 Å². The Hall–Kier alpha value is -1.00. The van der Waals surface area contributed by atoms with Gasteiger partial charge in [-0.3, -0.25) is 4.79 Å². The molecule has 3 nitrogen and oxygen atoms in total. The van der Waals surface area contributed by atoms with Crippen LogP contribution in [0.2, 0.25) is 0 Å². The lowest BCUT2D eigenvalue weighted by Gasteiger charge is -2.18. The number of hydrogen-bond donors (Lipinski definition) is 2. The van der Waals surface area contributed by atoms with Crippen molar-refractivity contribution in [2.75, 3.05) is 12.4 Å². The van der Waals surface area contributed by atoms with E-state index in [1.807, 2.05) is 43.1 Å². The van der Waals surface area contributed by atoms with Crippen molar-refractivity contribution in [2.45, 2.75) is 37.0 Å². The fourth-order valence-corrected chi connectivity index (χ4v) is 2.43. The van der Waals surface area contributed by atoms with Gasteiger partial charge < -0.3 is 10.6 Å². The number of benzene rings is 1. The molecule has 17 heavy (non-hydrogen) atoms. The molecule has 1 amide bonds. The summed E-state index contributed by atoms with van der Waals surface area (Å²) in [6.07, 6.45) is 0. The topological polar surface area (TPSA) is 41.1 Å². The van der Waals surface area contributed by atoms with Crippen molar-refractivity contribution in [3.8, 4) is 0 Å². The third-order valence-corrected chi connectivity index (χ3v) is 3.98. The fourth-order valence-electron chi connectivity index (χ4n) is 1.37. The number of carbonyl (C=O) groups is 1. The highest BCUT2D eigenvalue weighted by Gasteiger charge is 2.11. The molecule has 0 heterocycles. The van der Waals surface area contributed by atoms with Crippen LogP contribution in [0.25, 0.3) is 0 Å². The predicted octanol–water partition coefficient (Wildman–Crippen LogP) is 2.73. The maximum Gasteiger partial charge on any atom is 0.221 e. The highest BCUT2D eigenvalue weighted by atomic mass is 32.2. The summed E-state index contributed by atoms with van der Waals surface area (Å²) in [7, 11) is 1.97. The Morgan fingerprint density at radius 1 is 1.24 bits per heavy atom. The Balaban J connectivity index is 2.59. The lowest BCUT2D eigenvalue weighted by Crippen LogP contribution is -2.30. The molecular weight excluding hydrogens is 232 g/mol. The highest BCUT2D eigenvalue weighted by Crippen LogP contribution is 2.26. The van der Waals surface area contributed by atoms with Gasteiger partial charge in [-0.2, -0.15) is 0 Å². The summed E-state index contributed by atoms with van der Waals surface area (Å²) in [5, 5.41) is 6.51. The summed E-state index contributed by atoms with van der Waals surface area (Å²) in [4.78, 5) is 12.1. The first-order valence-corrected chi connectivity index (χ1v) is 6.62. The second-order valence-corrected chi connectivity index (χ2v) is 5.56. The number of nitrogens with one attached hydrogen (secondary N) is 2. The molecule has 0 spiro atoms. The number of carbonyl (C=O) groups excluding carboxylic acids is 1. The van der Waals surface area contributed by atoms with Gasteiger partial charge in [-0.15, -0.1) is 11.8 Å². The second-order valence-electron chi connectivity index (χ2n) is 4.11. The first-order chi connectivity index (χ1) is 8.02. The zero-order valence-electron chi connectivity index (χ0n) is 10.8. The van der Waals surface area contributed by atoms with E-state index in [9.17, 15) is 4.79 Å². The van der Waals surface area contributed by atoms with Crippen LogP contribution in [0.3, 0.4) is 0 Å². The molecule has 0 saturated carbocycles. The third-order valence-electron chi connectivity index (χ3n) is 2.66. The van der Waals surface area contributed by atoms with E-state index in [0.717, 1.165) is 5.69 Å². The predicted molar refractivity (Wildman–Crippen MR) is 74.6 cm³/mol. The van der Waals surface area contributed by atoms with Gasteiger partial charge in [0.25, 0.3) is 0 Å². The molecule has 2 atom stereocenters. The molecule has 0 aromatic heterocycles. The molecule has 1 aromatic rings. The molecule has 94 valence electrons. The number of anilines is 1. The van der Waals surface area contributed by atoms with Gasteiger partial charge in [0.05, 0.1) is 0 Å². The fraction of sp³-hybridized carbons (Fsp3) is 0.462. The minimum absolute atomic E-state index is 0.0393. The Morgan fingerprint density at radius 2 is 1.82 bits per heavy atom. The molecular formula is C13H20N2OS. The molecule has 2 N–H and O–H groups in total. The van der Waals surface area contributed by atoms with E-state index >= 15 is 0 Å². The average Bonchev–Trinajstić information content (AvgIpc) is 2.30. The molecule has 0 aliphatic heterocycles. The Kier molecular flexibility index (Phi) is 5.51. The maximum atomic E-state index is 10.9. The Labute approximate surface area is 107 Å². The summed E-state index contributed by atoms with van der Waals surface area (Å²) in [5.41, 5.74) is 0.844. The number of thioether (sulfide) groups is 1. The molecule has 1 aromatic carbocycles. The maximum absolute atomic E-state index is 10.9. The van der Waals surface area contributed by atoms with E-state index in [-0.39, 0.29) is 5.91 Å². The lowest BCUT2D eigenvalue weighted by molar-refractivity contribution is -0.114. The molecule has 2 unspecified atom stereocenters. The summed E-state index contributed by atoms with van der Waals surface area (Å²) < 4.78 is 0. The monoisotopic (exact) mass is 252 g/mol. The Bertz CT molecular complexity index is 364. The van der Waals surface area contributed by atoms with Gasteiger partial charge >= 0.3 is 0 Å². The first-order valence-electron chi connectivity index (χ1n) is 5.74. The van der Waals surface area contributed by atoms with Crippen LogP contribution in [-0.4, -0.2) is 24.2 Å². The van der Waals surface area contributed by atoms with Crippen molar-refractivity contribution in [2.24, 2.45) is 0 Å². The summed E-state index contributed by atoms with van der Waals surface area (Å²) in [5.74, 6) is -0.0393. The van der Waals surface area contributed by atoms with E-state index in [1.54, 1.807) is 0 Å². The van der Waals surface area contributed by atoms with Crippen molar-refractivity contribution in [3.05, 3.63) is 24.3 Å². The quantitative estimate of drug-likeness (QED) is 0.792. The molecule has 0 radical (unpaired) electrons. The van der Waals surface area contributed by atoms with E-state index in [1.165, 1.54) is 11.8 Å². The van der Waals surface area contributed by atoms with Gasteiger partial charge in [0.15, 0.2) is 0 Å². The van der Waals surface area contributed by atoms with Gasteiger partial charge in [-0.1, -0.05) is 6.92 Å². The average molecular weight is 252 g/mol. The zero-order chi connectivity index (χ0) is 12.8. The SMILES string of the molecule is CNC(C)C(C)Sc1ccc(NC(C)=O)cc1.